The lowest BCUT2D eigenvalue weighted by Gasteiger charge is -2.40. The Hall–Kier alpha value is -3.72. The van der Waals surface area contributed by atoms with Crippen LogP contribution in [0.4, 0.5) is 5.69 Å². The van der Waals surface area contributed by atoms with E-state index in [9.17, 15) is 4.79 Å². The van der Waals surface area contributed by atoms with Crippen molar-refractivity contribution in [3.8, 4) is 5.75 Å². The highest BCUT2D eigenvalue weighted by Crippen LogP contribution is 2.34. The average Bonchev–Trinajstić information content (AvgIpc) is 3.44. The van der Waals surface area contributed by atoms with Crippen LogP contribution in [0.25, 0.3) is 10.9 Å². The highest BCUT2D eigenvalue weighted by molar-refractivity contribution is 5.83. The van der Waals surface area contributed by atoms with Crippen molar-refractivity contribution in [2.75, 3.05) is 38.2 Å². The summed E-state index contributed by atoms with van der Waals surface area (Å²) < 4.78 is 7.35. The first-order valence-electron chi connectivity index (χ1n) is 14.1. The number of ether oxygens (including phenoxy) is 1. The fourth-order valence-corrected chi connectivity index (χ4v) is 6.39. The number of H-pyrrole nitrogens is 1. The van der Waals surface area contributed by atoms with Gasteiger partial charge in [-0.15, -0.1) is 5.10 Å². The normalized spacial score (nSPS) is 18.0. The monoisotopic (exact) mass is 527 g/mol. The number of nitrogens with zero attached hydrogens (tertiary/aromatic N) is 6. The van der Waals surface area contributed by atoms with E-state index in [0.717, 1.165) is 72.6 Å². The van der Waals surface area contributed by atoms with E-state index in [1.54, 1.807) is 7.11 Å². The van der Waals surface area contributed by atoms with Crippen LogP contribution in [-0.2, 0) is 0 Å². The predicted molar refractivity (Wildman–Crippen MR) is 153 cm³/mol. The molecule has 9 heteroatoms. The molecule has 1 aliphatic carbocycles. The van der Waals surface area contributed by atoms with E-state index >= 15 is 0 Å². The Morgan fingerprint density at radius 2 is 1.72 bits per heavy atom. The van der Waals surface area contributed by atoms with Crippen LogP contribution >= 0.6 is 0 Å². The van der Waals surface area contributed by atoms with E-state index in [0.29, 0.717) is 5.56 Å². The molecule has 0 radical (unpaired) electrons. The van der Waals surface area contributed by atoms with Crippen molar-refractivity contribution in [3.63, 3.8) is 0 Å². The van der Waals surface area contributed by atoms with E-state index in [1.807, 2.05) is 22.9 Å². The molecular weight excluding hydrogens is 490 g/mol. The Kier molecular flexibility index (Phi) is 7.08. The number of pyridine rings is 1. The zero-order valence-electron chi connectivity index (χ0n) is 23.1. The van der Waals surface area contributed by atoms with Crippen molar-refractivity contribution in [1.29, 1.82) is 0 Å². The average molecular weight is 528 g/mol. The molecule has 0 amide bonds. The second kappa shape index (κ2) is 10.8. The van der Waals surface area contributed by atoms with Gasteiger partial charge in [-0.2, -0.15) is 0 Å². The molecule has 0 bridgehead atoms. The summed E-state index contributed by atoms with van der Waals surface area (Å²) in [7, 11) is 1.69. The molecule has 0 spiro atoms. The minimum Gasteiger partial charge on any atom is -0.497 e. The molecular formula is C30H37N7O2. The maximum atomic E-state index is 13.7. The Labute approximate surface area is 228 Å². The van der Waals surface area contributed by atoms with Crippen LogP contribution in [0.3, 0.4) is 0 Å². The van der Waals surface area contributed by atoms with Crippen molar-refractivity contribution in [3.05, 3.63) is 75.3 Å². The molecule has 1 N–H and O–H groups in total. The number of piperazine rings is 1. The van der Waals surface area contributed by atoms with Gasteiger partial charge in [0.15, 0.2) is 5.82 Å². The summed E-state index contributed by atoms with van der Waals surface area (Å²) in [6, 6.07) is 14.4. The number of methoxy groups -OCH3 is 1. The third kappa shape index (κ3) is 5.03. The number of aromatic nitrogens is 5. The second-order valence-corrected chi connectivity index (χ2v) is 11.0. The topological polar surface area (TPSA) is 92.2 Å². The number of rotatable bonds is 6. The van der Waals surface area contributed by atoms with Crippen LogP contribution in [-0.4, -0.2) is 63.4 Å². The fourth-order valence-electron chi connectivity index (χ4n) is 6.39. The molecule has 6 rings (SSSR count). The Morgan fingerprint density at radius 3 is 2.44 bits per heavy atom. The van der Waals surface area contributed by atoms with Crippen molar-refractivity contribution in [2.24, 2.45) is 0 Å². The van der Waals surface area contributed by atoms with Gasteiger partial charge in [0.05, 0.1) is 13.2 Å². The molecule has 204 valence electrons. The standard InChI is InChI=1S/C30H37N7O2/c1-20-17-21(2)25-19-26(30(38)31-27(25)18-20)28(29-32-33-34-37(29)23-7-5-4-6-8-23)36-15-13-35(14-16-36)22-9-11-24(39-3)12-10-22/h9-12,17-19,23,28H,4-8,13-16H2,1-3H3,(H,31,38). The van der Waals surface area contributed by atoms with Gasteiger partial charge in [-0.05, 0) is 84.6 Å². The van der Waals surface area contributed by atoms with E-state index in [1.165, 1.54) is 24.9 Å². The number of anilines is 1. The van der Waals surface area contributed by atoms with E-state index < -0.39 is 0 Å². The molecule has 9 nitrogen and oxygen atoms in total. The Morgan fingerprint density at radius 1 is 0.974 bits per heavy atom. The van der Waals surface area contributed by atoms with Crippen molar-refractivity contribution >= 4 is 16.6 Å². The van der Waals surface area contributed by atoms with Gasteiger partial charge in [0.1, 0.15) is 11.8 Å². The number of tetrazole rings is 1. The van der Waals surface area contributed by atoms with Crippen LogP contribution < -0.4 is 15.2 Å². The molecule has 2 aromatic heterocycles. The lowest BCUT2D eigenvalue weighted by molar-refractivity contribution is 0.192. The van der Waals surface area contributed by atoms with Crippen LogP contribution in [0, 0.1) is 13.8 Å². The lowest BCUT2D eigenvalue weighted by atomic mass is 9.94. The molecule has 1 saturated heterocycles. The number of aryl methyl sites for hydroxylation is 2. The largest absolute Gasteiger partial charge is 0.497 e. The zero-order chi connectivity index (χ0) is 26.9. The Balaban J connectivity index is 1.38. The van der Waals surface area contributed by atoms with Crippen molar-refractivity contribution in [2.45, 2.75) is 58.0 Å². The molecule has 1 unspecified atom stereocenters. The number of hydrogen-bond donors (Lipinski definition) is 1. The third-order valence-electron chi connectivity index (χ3n) is 8.44. The first-order chi connectivity index (χ1) is 19.0. The van der Waals surface area contributed by atoms with Gasteiger partial charge in [0.2, 0.25) is 0 Å². The first kappa shape index (κ1) is 25.6. The molecule has 3 heterocycles. The molecule has 2 fully saturated rings. The van der Waals surface area contributed by atoms with Gasteiger partial charge >= 0.3 is 0 Å². The highest BCUT2D eigenvalue weighted by atomic mass is 16.5. The second-order valence-electron chi connectivity index (χ2n) is 11.0. The summed E-state index contributed by atoms with van der Waals surface area (Å²) in [4.78, 5) is 21.6. The minimum absolute atomic E-state index is 0.0757. The molecule has 2 aromatic carbocycles. The summed E-state index contributed by atoms with van der Waals surface area (Å²) in [5.41, 5.74) is 4.96. The molecule has 1 atom stereocenters. The number of nitrogens with one attached hydrogen (secondary N) is 1. The smallest absolute Gasteiger partial charge is 0.253 e. The third-order valence-corrected chi connectivity index (χ3v) is 8.44. The SMILES string of the molecule is COc1ccc(N2CCN(C(c3cc4c(C)cc(C)cc4[nH]c3=O)c3nnnn3C3CCCCC3)CC2)cc1. The molecule has 1 saturated carbocycles. The van der Waals surface area contributed by atoms with Crippen molar-refractivity contribution in [1.82, 2.24) is 30.1 Å². The summed E-state index contributed by atoms with van der Waals surface area (Å²) in [5.74, 6) is 1.63. The van der Waals surface area contributed by atoms with E-state index in [4.69, 9.17) is 4.74 Å². The van der Waals surface area contributed by atoms with E-state index in [-0.39, 0.29) is 17.6 Å². The van der Waals surface area contributed by atoms with Crippen LogP contribution in [0.5, 0.6) is 5.75 Å². The van der Waals surface area contributed by atoms with Crippen LogP contribution in [0.1, 0.15) is 66.7 Å². The summed E-state index contributed by atoms with van der Waals surface area (Å²) >= 11 is 0. The Bertz CT molecular complexity index is 1500. The molecule has 2 aliphatic rings. The van der Waals surface area contributed by atoms with Gasteiger partial charge in [0, 0.05) is 48.3 Å². The van der Waals surface area contributed by atoms with Gasteiger partial charge in [-0.25, -0.2) is 4.68 Å². The summed E-state index contributed by atoms with van der Waals surface area (Å²) in [5, 5.41) is 14.3. The predicted octanol–water partition coefficient (Wildman–Crippen LogP) is 4.56. The number of hydrogen-bond acceptors (Lipinski definition) is 7. The van der Waals surface area contributed by atoms with Gasteiger partial charge in [0.25, 0.3) is 5.56 Å². The molecule has 1 aliphatic heterocycles. The summed E-state index contributed by atoms with van der Waals surface area (Å²) in [6.45, 7) is 7.43. The molecule has 39 heavy (non-hydrogen) atoms. The van der Waals surface area contributed by atoms with Gasteiger partial charge < -0.3 is 14.6 Å². The maximum absolute atomic E-state index is 13.7. The highest BCUT2D eigenvalue weighted by Gasteiger charge is 2.34. The van der Waals surface area contributed by atoms with Crippen LogP contribution in [0.15, 0.2) is 47.3 Å². The van der Waals surface area contributed by atoms with Crippen LogP contribution in [0.2, 0.25) is 0 Å². The number of fused-ring (bicyclic) bond motifs is 1. The number of benzene rings is 2. The number of aromatic amines is 1. The molecule has 4 aromatic rings. The summed E-state index contributed by atoms with van der Waals surface area (Å²) in [6.07, 6.45) is 5.77. The van der Waals surface area contributed by atoms with Gasteiger partial charge in [-0.1, -0.05) is 25.3 Å². The fraction of sp³-hybridized carbons (Fsp3) is 0.467. The maximum Gasteiger partial charge on any atom is 0.253 e. The minimum atomic E-state index is -0.325. The first-order valence-corrected chi connectivity index (χ1v) is 14.1. The zero-order valence-corrected chi connectivity index (χ0v) is 23.1. The van der Waals surface area contributed by atoms with Crippen molar-refractivity contribution < 1.29 is 4.74 Å². The quantitative estimate of drug-likeness (QED) is 0.393. The lowest BCUT2D eigenvalue weighted by Crippen LogP contribution is -2.49. The van der Waals surface area contributed by atoms with E-state index in [2.05, 4.69) is 68.4 Å². The van der Waals surface area contributed by atoms with Gasteiger partial charge in [-0.3, -0.25) is 9.69 Å².